The molecule has 9 heteroatoms. The molecule has 0 unspecified atom stereocenters. The van der Waals surface area contributed by atoms with Crippen LogP contribution < -0.4 is 15.2 Å². The quantitative estimate of drug-likeness (QED) is 0.821. The number of sulfonamides is 1. The highest BCUT2D eigenvalue weighted by molar-refractivity contribution is 7.89. The number of nitrogens with one attached hydrogen (secondary N) is 1. The van der Waals surface area contributed by atoms with Gasteiger partial charge in [-0.05, 0) is 31.0 Å². The molecule has 1 aromatic carbocycles. The predicted octanol–water partition coefficient (Wildman–Crippen LogP) is 1.61. The molecule has 0 amide bonds. The lowest BCUT2D eigenvalue weighted by Crippen LogP contribution is -2.41. The van der Waals surface area contributed by atoms with E-state index in [4.69, 9.17) is 10.5 Å². The molecule has 0 saturated carbocycles. The minimum Gasteiger partial charge on any atom is -0.495 e. The van der Waals surface area contributed by atoms with Crippen LogP contribution in [0.25, 0.3) is 0 Å². The maximum atomic E-state index is 13.1. The molecule has 0 heterocycles. The predicted molar refractivity (Wildman–Crippen MR) is 78.9 cm³/mol. The Morgan fingerprint density at radius 3 is 2.38 bits per heavy atom. The summed E-state index contributed by atoms with van der Waals surface area (Å²) in [4.78, 5) is -0.162. The van der Waals surface area contributed by atoms with Crippen molar-refractivity contribution in [1.29, 1.82) is 0 Å². The largest absolute Gasteiger partial charge is 0.495 e. The van der Waals surface area contributed by atoms with Crippen molar-refractivity contribution in [2.24, 2.45) is 5.73 Å². The minimum absolute atomic E-state index is 0. The number of rotatable bonds is 6. The Kier molecular flexibility index (Phi) is 7.01. The molecule has 5 nitrogen and oxygen atoms in total. The molecule has 21 heavy (non-hydrogen) atoms. The van der Waals surface area contributed by atoms with E-state index in [0.29, 0.717) is 11.1 Å². The van der Waals surface area contributed by atoms with Gasteiger partial charge >= 0.3 is 0 Å². The second-order valence-corrected chi connectivity index (χ2v) is 6.23. The summed E-state index contributed by atoms with van der Waals surface area (Å²) in [5.41, 5.74) is 6.17. The van der Waals surface area contributed by atoms with Gasteiger partial charge in [0.1, 0.15) is 10.6 Å². The fourth-order valence-electron chi connectivity index (χ4n) is 1.73. The molecule has 0 fully saturated rings. The molecule has 0 aliphatic rings. The third-order valence-corrected chi connectivity index (χ3v) is 4.10. The average molecular weight is 345 g/mol. The lowest BCUT2D eigenvalue weighted by molar-refractivity contribution is 0.0170. The Bertz CT molecular complexity index is 594. The normalized spacial score (nSPS) is 11.9. The van der Waals surface area contributed by atoms with E-state index in [1.165, 1.54) is 13.2 Å². The second kappa shape index (κ2) is 7.35. The molecule has 1 rings (SSSR count). The molecular weight excluding hydrogens is 326 g/mol. The fraction of sp³-hybridized carbons (Fsp3) is 0.500. The van der Waals surface area contributed by atoms with E-state index >= 15 is 0 Å². The van der Waals surface area contributed by atoms with E-state index in [-0.39, 0.29) is 23.1 Å². The van der Waals surface area contributed by atoms with Crippen molar-refractivity contribution < 1.29 is 21.9 Å². The number of benzene rings is 1. The van der Waals surface area contributed by atoms with Crippen LogP contribution in [0.3, 0.4) is 0 Å². The summed E-state index contributed by atoms with van der Waals surface area (Å²) in [7, 11) is -2.78. The monoisotopic (exact) mass is 344 g/mol. The van der Waals surface area contributed by atoms with Crippen molar-refractivity contribution in [3.05, 3.63) is 23.3 Å². The van der Waals surface area contributed by atoms with Gasteiger partial charge < -0.3 is 10.5 Å². The first kappa shape index (κ1) is 20.0. The highest BCUT2D eigenvalue weighted by atomic mass is 35.5. The van der Waals surface area contributed by atoms with Gasteiger partial charge in [0.25, 0.3) is 5.92 Å². The van der Waals surface area contributed by atoms with Crippen molar-refractivity contribution >= 4 is 22.4 Å². The summed E-state index contributed by atoms with van der Waals surface area (Å²) < 4.78 is 57.2. The maximum Gasteiger partial charge on any atom is 0.273 e. The van der Waals surface area contributed by atoms with E-state index in [9.17, 15) is 17.2 Å². The zero-order chi connectivity index (χ0) is 15.6. The molecule has 0 radical (unpaired) electrons. The molecule has 0 aliphatic heterocycles. The third-order valence-electron chi connectivity index (χ3n) is 2.70. The topological polar surface area (TPSA) is 81.4 Å². The number of hydrogen-bond acceptors (Lipinski definition) is 4. The SMILES string of the molecule is COc1c(C)cc(C)cc1S(=O)(=O)NCC(F)(F)CN.Cl. The zero-order valence-corrected chi connectivity index (χ0v) is 13.6. The van der Waals surface area contributed by atoms with Crippen molar-refractivity contribution in [3.63, 3.8) is 0 Å². The zero-order valence-electron chi connectivity index (χ0n) is 11.9. The summed E-state index contributed by atoms with van der Waals surface area (Å²) in [5.74, 6) is -3.15. The van der Waals surface area contributed by atoms with Gasteiger partial charge in [-0.25, -0.2) is 21.9 Å². The van der Waals surface area contributed by atoms with Crippen LogP contribution in [0.4, 0.5) is 8.78 Å². The van der Waals surface area contributed by atoms with Crippen molar-refractivity contribution in [3.8, 4) is 5.75 Å². The summed E-state index contributed by atoms with van der Waals surface area (Å²) in [5, 5.41) is 0. The lowest BCUT2D eigenvalue weighted by Gasteiger charge is -2.17. The van der Waals surface area contributed by atoms with Crippen molar-refractivity contribution in [2.75, 3.05) is 20.2 Å². The number of nitrogens with two attached hydrogens (primary N) is 1. The third kappa shape index (κ3) is 5.06. The molecule has 0 saturated heterocycles. The van der Waals surface area contributed by atoms with Crippen LogP contribution in [0.1, 0.15) is 11.1 Å². The van der Waals surface area contributed by atoms with Crippen molar-refractivity contribution in [2.45, 2.75) is 24.7 Å². The van der Waals surface area contributed by atoms with Crippen LogP contribution in [-0.4, -0.2) is 34.5 Å². The van der Waals surface area contributed by atoms with Gasteiger partial charge in [-0.3, -0.25) is 0 Å². The van der Waals surface area contributed by atoms with Gasteiger partial charge in [0.2, 0.25) is 10.0 Å². The molecule has 0 aromatic heterocycles. The lowest BCUT2D eigenvalue weighted by atomic mass is 10.1. The second-order valence-electron chi connectivity index (χ2n) is 4.50. The van der Waals surface area contributed by atoms with Crippen LogP contribution in [0, 0.1) is 13.8 Å². The van der Waals surface area contributed by atoms with Gasteiger partial charge in [-0.1, -0.05) is 6.07 Å². The first-order valence-electron chi connectivity index (χ1n) is 5.86. The number of hydrogen-bond donors (Lipinski definition) is 2. The van der Waals surface area contributed by atoms with E-state index in [1.54, 1.807) is 19.9 Å². The van der Waals surface area contributed by atoms with Crippen LogP contribution in [0.5, 0.6) is 5.75 Å². The van der Waals surface area contributed by atoms with Gasteiger partial charge in [-0.2, -0.15) is 0 Å². The van der Waals surface area contributed by atoms with E-state index in [1.807, 2.05) is 4.72 Å². The highest BCUT2D eigenvalue weighted by Crippen LogP contribution is 2.29. The summed E-state index contributed by atoms with van der Waals surface area (Å²) in [6.07, 6.45) is 0. The standard InChI is InChI=1S/C12H18F2N2O3S.ClH/c1-8-4-9(2)11(19-3)10(5-8)20(17,18)16-7-12(13,14)6-15;/h4-5,16H,6-7,15H2,1-3H3;1H. The fourth-order valence-corrected chi connectivity index (χ4v) is 3.11. The van der Waals surface area contributed by atoms with Crippen LogP contribution in [0.15, 0.2) is 17.0 Å². The van der Waals surface area contributed by atoms with Gasteiger partial charge in [0, 0.05) is 0 Å². The Morgan fingerprint density at radius 1 is 1.33 bits per heavy atom. The summed E-state index contributed by atoms with van der Waals surface area (Å²) in [6.45, 7) is 1.40. The summed E-state index contributed by atoms with van der Waals surface area (Å²) in [6, 6.07) is 3.11. The van der Waals surface area contributed by atoms with Gasteiger partial charge in [-0.15, -0.1) is 12.4 Å². The highest BCUT2D eigenvalue weighted by Gasteiger charge is 2.30. The molecule has 122 valence electrons. The van der Waals surface area contributed by atoms with E-state index in [2.05, 4.69) is 0 Å². The first-order valence-corrected chi connectivity index (χ1v) is 7.34. The van der Waals surface area contributed by atoms with Gasteiger partial charge in [0.15, 0.2) is 0 Å². The Balaban J connectivity index is 0.00000400. The minimum atomic E-state index is -4.10. The molecule has 0 atom stereocenters. The molecule has 3 N–H and O–H groups in total. The Hall–Kier alpha value is -0.960. The molecule has 0 spiro atoms. The number of alkyl halides is 2. The maximum absolute atomic E-state index is 13.1. The van der Waals surface area contributed by atoms with Crippen LogP contribution in [-0.2, 0) is 10.0 Å². The molecule has 0 bridgehead atoms. The number of aryl methyl sites for hydroxylation is 2. The Morgan fingerprint density at radius 2 is 1.90 bits per heavy atom. The number of halogens is 3. The van der Waals surface area contributed by atoms with Crippen molar-refractivity contribution in [1.82, 2.24) is 4.72 Å². The first-order chi connectivity index (χ1) is 9.13. The summed E-state index contributed by atoms with van der Waals surface area (Å²) >= 11 is 0. The average Bonchev–Trinajstić information content (AvgIpc) is 2.36. The van der Waals surface area contributed by atoms with Gasteiger partial charge in [0.05, 0.1) is 20.2 Å². The molecule has 1 aromatic rings. The van der Waals surface area contributed by atoms with Crippen LogP contribution in [0.2, 0.25) is 0 Å². The molecule has 0 aliphatic carbocycles. The Labute approximate surface area is 129 Å². The van der Waals surface area contributed by atoms with E-state index in [0.717, 1.165) is 0 Å². The number of methoxy groups -OCH3 is 1. The number of ether oxygens (including phenoxy) is 1. The molecular formula is C12H19ClF2N2O3S. The van der Waals surface area contributed by atoms with Crippen LogP contribution >= 0.6 is 12.4 Å². The smallest absolute Gasteiger partial charge is 0.273 e. The van der Waals surface area contributed by atoms with E-state index < -0.39 is 29.0 Å².